The monoisotopic (exact) mass is 727 g/mol. The van der Waals surface area contributed by atoms with Gasteiger partial charge in [-0.25, -0.2) is 0 Å². The summed E-state index contributed by atoms with van der Waals surface area (Å²) in [7, 11) is -5.06. The van der Waals surface area contributed by atoms with Crippen LogP contribution < -0.4 is 5.32 Å². The molecular weight excluding hydrogens is 677 g/mol. The molecule has 9 heteroatoms. The van der Waals surface area contributed by atoms with Crippen LogP contribution >= 0.6 is 0 Å². The maximum absolute atomic E-state index is 11.5. The third-order valence-electron chi connectivity index (χ3n) is 3.92. The summed E-state index contributed by atoms with van der Waals surface area (Å²) in [5.41, 5.74) is 0. The van der Waals surface area contributed by atoms with E-state index < -0.39 is 25.2 Å². The third kappa shape index (κ3) is 28.8. The number of hydrogen-bond acceptors (Lipinski definition) is 4. The van der Waals surface area contributed by atoms with Gasteiger partial charge in [-0.15, -0.1) is 6.42 Å². The molecule has 1 N–H and O–H groups in total. The minimum Gasteiger partial charge on any atom is -0.465 e. The first-order valence-corrected chi connectivity index (χ1v) is 21.1. The molecule has 0 radical (unpaired) electrons. The Balaban J connectivity index is -0.000000535. The molecule has 0 aromatic carbocycles. The Morgan fingerprint density at radius 3 is 1.91 bits per heavy atom. The van der Waals surface area contributed by atoms with Crippen molar-refractivity contribution < 1.29 is 48.9 Å². The molecule has 0 fully saturated rings. The predicted octanol–water partition coefficient (Wildman–Crippen LogP) is 6.27. The minimum atomic E-state index is -1.91. The zero-order chi connectivity index (χ0) is 24.9. The van der Waals surface area contributed by atoms with Crippen LogP contribution in [-0.2, 0) is 17.8 Å². The van der Waals surface area contributed by atoms with Gasteiger partial charge in [-0.3, -0.25) is 4.79 Å². The molecule has 0 saturated carbocycles. The van der Waals surface area contributed by atoms with E-state index in [1.807, 2.05) is 20.3 Å². The smallest absolute Gasteiger partial charge is 0.465 e. The van der Waals surface area contributed by atoms with E-state index >= 15 is 0 Å². The molecule has 32 heavy (non-hydrogen) atoms. The molecular formula is C23H51NO4Si3U. The van der Waals surface area contributed by atoms with Gasteiger partial charge in [0, 0.05) is 20.8 Å². The Bertz CT molecular complexity index is 498. The molecule has 0 atom stereocenters. The molecule has 188 valence electrons. The molecule has 0 unspecified atom stereocenters. The van der Waals surface area contributed by atoms with Crippen molar-refractivity contribution >= 4 is 36.9 Å². The van der Waals surface area contributed by atoms with Gasteiger partial charge >= 0.3 is 39.7 Å². The SMILES string of the molecule is CC(C)CCCNC(=O)CC[CH-]CC(=O)C(C)C.[CH2-][Si](C)(C)O[Si](C)(C)O[Si](C)(C)C.[U+2]. The van der Waals surface area contributed by atoms with Crippen molar-refractivity contribution in [3.63, 3.8) is 0 Å². The molecule has 0 aliphatic carbocycles. The summed E-state index contributed by atoms with van der Waals surface area (Å²) in [6.45, 7) is 28.0. The van der Waals surface area contributed by atoms with E-state index in [1.165, 1.54) is 0 Å². The molecule has 0 aromatic rings. The van der Waals surface area contributed by atoms with Crippen LogP contribution in [-0.4, -0.2) is 43.4 Å². The fourth-order valence-corrected chi connectivity index (χ4v) is 14.7. The van der Waals surface area contributed by atoms with Crippen molar-refractivity contribution in [2.24, 2.45) is 11.8 Å². The number of ketones is 1. The first-order valence-electron chi connectivity index (χ1n) is 11.7. The zero-order valence-electron chi connectivity index (χ0n) is 22.8. The molecule has 0 saturated heterocycles. The Hall–Kier alpha value is 0.763. The van der Waals surface area contributed by atoms with Crippen LogP contribution in [0.25, 0.3) is 0 Å². The molecule has 0 rings (SSSR count). The molecule has 5 nitrogen and oxygen atoms in total. The number of carbonyl (C=O) groups excluding carboxylic acids is 2. The van der Waals surface area contributed by atoms with Crippen LogP contribution in [0.2, 0.25) is 45.8 Å². The Labute approximate surface area is 226 Å². The molecule has 0 heterocycles. The topological polar surface area (TPSA) is 64.6 Å². The number of carbonyl (C=O) groups is 2. The van der Waals surface area contributed by atoms with E-state index in [0.29, 0.717) is 25.2 Å². The number of nitrogens with one attached hydrogen (secondary N) is 1. The van der Waals surface area contributed by atoms with Gasteiger partial charge in [-0.1, -0.05) is 40.8 Å². The van der Waals surface area contributed by atoms with Crippen LogP contribution in [0.4, 0.5) is 0 Å². The van der Waals surface area contributed by atoms with Gasteiger partial charge in [0.2, 0.25) is 5.91 Å². The maximum atomic E-state index is 11.5. The van der Waals surface area contributed by atoms with Crippen molar-refractivity contribution in [1.29, 1.82) is 0 Å². The van der Waals surface area contributed by atoms with Crippen molar-refractivity contribution in [1.82, 2.24) is 5.32 Å². The molecule has 0 aromatic heterocycles. The minimum absolute atomic E-state index is 0. The van der Waals surface area contributed by atoms with Gasteiger partial charge in [0.15, 0.2) is 8.32 Å². The Morgan fingerprint density at radius 2 is 1.50 bits per heavy atom. The summed E-state index contributed by atoms with van der Waals surface area (Å²) < 4.78 is 12.0. The van der Waals surface area contributed by atoms with E-state index in [1.54, 1.807) is 0 Å². The van der Waals surface area contributed by atoms with Crippen molar-refractivity contribution in [2.45, 2.75) is 106 Å². The molecule has 0 bridgehead atoms. The van der Waals surface area contributed by atoms with Crippen LogP contribution in [0.1, 0.15) is 59.8 Å². The van der Waals surface area contributed by atoms with Crippen molar-refractivity contribution in [3.8, 4) is 0 Å². The Kier molecular flexibility index (Phi) is 21.1. The van der Waals surface area contributed by atoms with Gasteiger partial charge in [0.25, 0.3) is 0 Å². The van der Waals surface area contributed by atoms with Crippen molar-refractivity contribution in [2.75, 3.05) is 6.54 Å². The van der Waals surface area contributed by atoms with Gasteiger partial charge in [-0.05, 0) is 57.9 Å². The van der Waals surface area contributed by atoms with E-state index in [9.17, 15) is 9.59 Å². The normalized spacial score (nSPS) is 12.2. The number of unbranched alkanes of at least 4 members (excludes halogenated alkanes) is 1. The molecule has 1 amide bonds. The van der Waals surface area contributed by atoms with Crippen LogP contribution in [0.15, 0.2) is 0 Å². The molecule has 0 spiro atoms. The van der Waals surface area contributed by atoms with Gasteiger partial charge in [0.1, 0.15) is 5.78 Å². The maximum Gasteiger partial charge on any atom is 2.00 e. The largest absolute Gasteiger partial charge is 2.00 e. The standard InChI is InChI=1S/C15H28NO2.C8H23O2Si3.U/c1-12(2)8-7-11-16-15(18)10-6-5-9-14(17)13(3)4;1-11(2,3)9-13(7,8)10-12(4,5)6;/h5,12-13H,6-11H2,1-4H3,(H,16,18);1H2,2-8H3;/q2*-1;+2. The summed E-state index contributed by atoms with van der Waals surface area (Å²) >= 11 is 0. The summed E-state index contributed by atoms with van der Waals surface area (Å²) in [6, 6.07) is 0. The molecule has 0 aliphatic rings. The summed E-state index contributed by atoms with van der Waals surface area (Å²) in [5.74, 6) is 1.11. The van der Waals surface area contributed by atoms with E-state index in [4.69, 9.17) is 8.23 Å². The van der Waals surface area contributed by atoms with E-state index in [-0.39, 0.29) is 48.7 Å². The number of Topliss-reactive ketones (excluding diaryl/α,β-unsaturated/α-hetero) is 1. The van der Waals surface area contributed by atoms with Crippen molar-refractivity contribution in [3.05, 3.63) is 13.0 Å². The Morgan fingerprint density at radius 1 is 0.969 bits per heavy atom. The average Bonchev–Trinajstić information content (AvgIpc) is 2.51. The van der Waals surface area contributed by atoms with Crippen LogP contribution in [0.5, 0.6) is 0 Å². The van der Waals surface area contributed by atoms with Crippen LogP contribution in [0, 0.1) is 55.9 Å². The summed E-state index contributed by atoms with van der Waals surface area (Å²) in [4.78, 5) is 22.8. The quantitative estimate of drug-likeness (QED) is 0.130. The first kappa shape index (κ1) is 37.3. The first-order chi connectivity index (χ1) is 13.8. The second-order valence-electron chi connectivity index (χ2n) is 11.0. The van der Waals surface area contributed by atoms with E-state index in [2.05, 4.69) is 71.5 Å². The summed E-state index contributed by atoms with van der Waals surface area (Å²) in [5, 5.41) is 2.91. The second-order valence-corrected chi connectivity index (χ2v) is 23.2. The fraction of sp³-hybridized carbons (Fsp3) is 0.826. The van der Waals surface area contributed by atoms with E-state index in [0.717, 1.165) is 19.4 Å². The zero-order valence-corrected chi connectivity index (χ0v) is 30.0. The molecule has 0 aliphatic heterocycles. The summed E-state index contributed by atoms with van der Waals surface area (Å²) in [6.07, 6.45) is 5.77. The second kappa shape index (κ2) is 18.1. The van der Waals surface area contributed by atoms with Gasteiger partial charge < -0.3 is 31.3 Å². The fourth-order valence-electron chi connectivity index (χ4n) is 2.96. The van der Waals surface area contributed by atoms with Gasteiger partial charge in [0.05, 0.1) is 0 Å². The number of hydrogen-bond donors (Lipinski definition) is 1. The number of amides is 1. The predicted molar refractivity (Wildman–Crippen MR) is 141 cm³/mol. The third-order valence-corrected chi connectivity index (χ3v) is 12.5. The average molecular weight is 728 g/mol. The van der Waals surface area contributed by atoms with Crippen LogP contribution in [0.3, 0.4) is 0 Å². The number of rotatable bonds is 14. The van der Waals surface area contributed by atoms with Gasteiger partial charge in [-0.2, -0.15) is 6.42 Å².